The first kappa shape index (κ1) is 17.3. The molecule has 2 fully saturated rings. The lowest BCUT2D eigenvalue weighted by atomic mass is 9.87. The zero-order valence-corrected chi connectivity index (χ0v) is 14.2. The van der Waals surface area contributed by atoms with Crippen LogP contribution in [-0.2, 0) is 9.47 Å². The molecule has 0 radical (unpaired) electrons. The van der Waals surface area contributed by atoms with Gasteiger partial charge in [0.05, 0.1) is 19.8 Å². The van der Waals surface area contributed by atoms with E-state index in [1.54, 1.807) is 19.2 Å². The first-order chi connectivity index (χ1) is 11.6. The van der Waals surface area contributed by atoms with E-state index in [1.807, 2.05) is 4.90 Å². The number of rotatable bonds is 4. The minimum atomic E-state index is -0.327. The topological polar surface area (TPSA) is 42.0 Å². The number of carbonyl (C=O) groups excluding carboxylic acids is 1. The zero-order chi connectivity index (χ0) is 17.0. The molecule has 2 aliphatic heterocycles. The molecule has 1 aromatic carbocycles. The fraction of sp³-hybridized carbons (Fsp3) is 0.611. The van der Waals surface area contributed by atoms with Gasteiger partial charge in [-0.3, -0.25) is 4.79 Å². The lowest BCUT2D eigenvalue weighted by molar-refractivity contribution is 0.0629. The van der Waals surface area contributed by atoms with Crippen molar-refractivity contribution in [3.05, 3.63) is 35.6 Å². The second-order valence-corrected chi connectivity index (χ2v) is 6.81. The normalized spacial score (nSPS) is 25.2. The molecule has 1 aromatic rings. The highest BCUT2D eigenvalue weighted by atomic mass is 19.1. The average Bonchev–Trinajstić information content (AvgIpc) is 2.86. The molecule has 0 N–H and O–H groups in total. The molecule has 1 unspecified atom stereocenters. The molecule has 1 atom stereocenters. The van der Waals surface area contributed by atoms with Gasteiger partial charge in [-0.05, 0) is 37.2 Å². The first-order valence-electron chi connectivity index (χ1n) is 8.46. The van der Waals surface area contributed by atoms with Crippen LogP contribution < -0.4 is 0 Å². The van der Waals surface area contributed by atoms with E-state index in [4.69, 9.17) is 9.47 Å². The lowest BCUT2D eigenvalue weighted by Crippen LogP contribution is -2.43. The number of benzene rings is 1. The highest BCUT2D eigenvalue weighted by Crippen LogP contribution is 2.33. The summed E-state index contributed by atoms with van der Waals surface area (Å²) in [7, 11) is 1.71. The Morgan fingerprint density at radius 1 is 1.29 bits per heavy atom. The molecule has 5 nitrogen and oxygen atoms in total. The van der Waals surface area contributed by atoms with Crippen molar-refractivity contribution in [2.45, 2.75) is 6.42 Å². The van der Waals surface area contributed by atoms with Crippen molar-refractivity contribution in [1.29, 1.82) is 0 Å². The molecule has 24 heavy (non-hydrogen) atoms. The summed E-state index contributed by atoms with van der Waals surface area (Å²) in [6, 6.07) is 5.77. The number of hydrogen-bond donors (Lipinski definition) is 0. The maximum atomic E-state index is 13.1. The maximum Gasteiger partial charge on any atom is 0.253 e. The van der Waals surface area contributed by atoms with Gasteiger partial charge in [0.2, 0.25) is 0 Å². The Morgan fingerprint density at radius 3 is 2.83 bits per heavy atom. The Balaban J connectivity index is 1.69. The summed E-state index contributed by atoms with van der Waals surface area (Å²) in [4.78, 5) is 17.0. The Labute approximate surface area is 142 Å². The molecule has 0 saturated carbocycles. The van der Waals surface area contributed by atoms with Gasteiger partial charge in [0.1, 0.15) is 5.82 Å². The summed E-state index contributed by atoms with van der Waals surface area (Å²) in [5.74, 6) is -0.373. The zero-order valence-electron chi connectivity index (χ0n) is 14.2. The molecular formula is C18H25FN2O3. The Hall–Kier alpha value is -1.50. The van der Waals surface area contributed by atoms with Crippen molar-refractivity contribution in [3.63, 3.8) is 0 Å². The SMILES string of the molecule is COCCN1CCC2(COCCN(C(=O)c3ccc(F)cc3)C2)C1. The second-order valence-electron chi connectivity index (χ2n) is 6.81. The predicted octanol–water partition coefficient (Wildman–Crippen LogP) is 1.64. The van der Waals surface area contributed by atoms with Crippen molar-refractivity contribution < 1.29 is 18.7 Å². The van der Waals surface area contributed by atoms with E-state index in [1.165, 1.54) is 12.1 Å². The highest BCUT2D eigenvalue weighted by molar-refractivity contribution is 5.94. The molecule has 6 heteroatoms. The molecule has 3 rings (SSSR count). The van der Waals surface area contributed by atoms with E-state index >= 15 is 0 Å². The maximum absolute atomic E-state index is 13.1. The van der Waals surface area contributed by atoms with E-state index < -0.39 is 0 Å². The van der Waals surface area contributed by atoms with E-state index in [0.29, 0.717) is 31.9 Å². The summed E-state index contributed by atoms with van der Waals surface area (Å²) in [6.45, 7) is 6.05. The van der Waals surface area contributed by atoms with Crippen LogP contribution in [0.4, 0.5) is 4.39 Å². The van der Waals surface area contributed by atoms with Gasteiger partial charge in [-0.25, -0.2) is 4.39 Å². The van der Waals surface area contributed by atoms with Crippen molar-refractivity contribution >= 4 is 5.91 Å². The molecule has 0 bridgehead atoms. The van der Waals surface area contributed by atoms with Crippen LogP contribution in [0, 0.1) is 11.2 Å². The number of amides is 1. The number of ether oxygens (including phenoxy) is 2. The van der Waals surface area contributed by atoms with Crippen molar-refractivity contribution in [1.82, 2.24) is 9.80 Å². The fourth-order valence-corrected chi connectivity index (χ4v) is 3.63. The smallest absolute Gasteiger partial charge is 0.253 e. The van der Waals surface area contributed by atoms with E-state index in [2.05, 4.69) is 4.90 Å². The van der Waals surface area contributed by atoms with Crippen LogP contribution >= 0.6 is 0 Å². The molecule has 0 aromatic heterocycles. The number of carbonyl (C=O) groups is 1. The Kier molecular flexibility index (Phi) is 5.48. The van der Waals surface area contributed by atoms with Gasteiger partial charge < -0.3 is 19.3 Å². The first-order valence-corrected chi connectivity index (χ1v) is 8.46. The summed E-state index contributed by atoms with van der Waals surface area (Å²) < 4.78 is 24.1. The largest absolute Gasteiger partial charge is 0.383 e. The lowest BCUT2D eigenvalue weighted by Gasteiger charge is -2.32. The van der Waals surface area contributed by atoms with E-state index in [9.17, 15) is 9.18 Å². The molecule has 2 aliphatic rings. The Bertz CT molecular complexity index is 566. The minimum absolute atomic E-state index is 0.0140. The van der Waals surface area contributed by atoms with E-state index in [0.717, 1.165) is 32.7 Å². The van der Waals surface area contributed by atoms with Gasteiger partial charge in [0.15, 0.2) is 0 Å². The van der Waals surface area contributed by atoms with Gasteiger partial charge in [-0.1, -0.05) is 0 Å². The van der Waals surface area contributed by atoms with Crippen LogP contribution in [0.3, 0.4) is 0 Å². The molecular weight excluding hydrogens is 311 g/mol. The number of likely N-dealkylation sites (tertiary alicyclic amines) is 1. The van der Waals surface area contributed by atoms with Crippen molar-refractivity contribution in [3.8, 4) is 0 Å². The van der Waals surface area contributed by atoms with Crippen LogP contribution in [0.25, 0.3) is 0 Å². The molecule has 1 spiro atoms. The quantitative estimate of drug-likeness (QED) is 0.838. The van der Waals surface area contributed by atoms with Crippen LogP contribution in [0.5, 0.6) is 0 Å². The average molecular weight is 336 g/mol. The number of hydrogen-bond acceptors (Lipinski definition) is 4. The third-order valence-electron chi connectivity index (χ3n) is 4.95. The van der Waals surface area contributed by atoms with E-state index in [-0.39, 0.29) is 17.1 Å². The third-order valence-corrected chi connectivity index (χ3v) is 4.95. The fourth-order valence-electron chi connectivity index (χ4n) is 3.63. The molecule has 132 valence electrons. The van der Waals surface area contributed by atoms with Crippen molar-refractivity contribution in [2.75, 3.05) is 59.7 Å². The van der Waals surface area contributed by atoms with Crippen LogP contribution in [-0.4, -0.2) is 75.4 Å². The molecule has 2 heterocycles. The highest BCUT2D eigenvalue weighted by Gasteiger charge is 2.42. The molecule has 0 aliphatic carbocycles. The van der Waals surface area contributed by atoms with Gasteiger partial charge >= 0.3 is 0 Å². The van der Waals surface area contributed by atoms with Gasteiger partial charge in [0, 0.05) is 44.3 Å². The van der Waals surface area contributed by atoms with Crippen LogP contribution in [0.1, 0.15) is 16.8 Å². The summed E-state index contributed by atoms with van der Waals surface area (Å²) in [6.07, 6.45) is 1.02. The monoisotopic (exact) mass is 336 g/mol. The summed E-state index contributed by atoms with van der Waals surface area (Å²) >= 11 is 0. The van der Waals surface area contributed by atoms with Gasteiger partial charge in [-0.2, -0.15) is 0 Å². The second kappa shape index (κ2) is 7.59. The number of methoxy groups -OCH3 is 1. The number of halogens is 1. The predicted molar refractivity (Wildman–Crippen MR) is 88.5 cm³/mol. The Morgan fingerprint density at radius 2 is 2.08 bits per heavy atom. The molecule has 1 amide bonds. The third kappa shape index (κ3) is 3.94. The summed E-state index contributed by atoms with van der Waals surface area (Å²) in [5.41, 5.74) is 0.516. The van der Waals surface area contributed by atoms with Crippen LogP contribution in [0.15, 0.2) is 24.3 Å². The summed E-state index contributed by atoms with van der Waals surface area (Å²) in [5, 5.41) is 0. The van der Waals surface area contributed by atoms with Crippen LogP contribution in [0.2, 0.25) is 0 Å². The van der Waals surface area contributed by atoms with Crippen molar-refractivity contribution in [2.24, 2.45) is 5.41 Å². The standard InChI is InChI=1S/C18H25FN2O3/c1-23-10-8-20-7-6-18(12-20)13-21(9-11-24-14-18)17(22)15-2-4-16(19)5-3-15/h2-5H,6-14H2,1H3. The minimum Gasteiger partial charge on any atom is -0.383 e. The molecule has 2 saturated heterocycles. The number of nitrogens with zero attached hydrogens (tertiary/aromatic N) is 2. The van der Waals surface area contributed by atoms with Gasteiger partial charge in [-0.15, -0.1) is 0 Å². The van der Waals surface area contributed by atoms with Gasteiger partial charge in [0.25, 0.3) is 5.91 Å².